The topological polar surface area (TPSA) is 154 Å². The van der Waals surface area contributed by atoms with Crippen LogP contribution in [0.15, 0.2) is 36.4 Å². The first-order valence-electron chi connectivity index (χ1n) is 9.85. The number of primary amides is 2. The van der Waals surface area contributed by atoms with Crippen LogP contribution in [0, 0.1) is 31.0 Å². The second kappa shape index (κ2) is 8.12. The molecule has 3 heterocycles. The number of carbonyl (C=O) groups excluding carboxylic acids is 2. The van der Waals surface area contributed by atoms with Gasteiger partial charge in [0.2, 0.25) is 5.91 Å². The van der Waals surface area contributed by atoms with Crippen LogP contribution in [0.5, 0.6) is 0 Å². The van der Waals surface area contributed by atoms with Crippen molar-refractivity contribution in [2.45, 2.75) is 20.4 Å². The highest BCUT2D eigenvalue weighted by atomic mass is 19.1. The van der Waals surface area contributed by atoms with E-state index < -0.39 is 17.6 Å². The minimum atomic E-state index is -0.931. The van der Waals surface area contributed by atoms with E-state index in [2.05, 4.69) is 15.1 Å². The SMILES string of the molecule is Cc1nn(Cc2cccc(C#N)n2)c(C)c1-c1c(C(N)=O)nc2cccc(F)c2c1C(N)=O. The number of benzene rings is 1. The molecular weight excluding hydrogens is 425 g/mol. The average molecular weight is 443 g/mol. The number of rotatable bonds is 5. The maximum Gasteiger partial charge on any atom is 0.267 e. The summed E-state index contributed by atoms with van der Waals surface area (Å²) in [6.07, 6.45) is 0. The Kier molecular flexibility index (Phi) is 5.31. The highest BCUT2D eigenvalue weighted by Crippen LogP contribution is 2.36. The van der Waals surface area contributed by atoms with E-state index in [0.717, 1.165) is 0 Å². The van der Waals surface area contributed by atoms with Crippen LogP contribution >= 0.6 is 0 Å². The lowest BCUT2D eigenvalue weighted by Gasteiger charge is -2.15. The molecule has 0 aliphatic heterocycles. The van der Waals surface area contributed by atoms with Gasteiger partial charge >= 0.3 is 0 Å². The van der Waals surface area contributed by atoms with E-state index in [1.807, 2.05) is 6.07 Å². The zero-order chi connectivity index (χ0) is 23.9. The van der Waals surface area contributed by atoms with Crippen molar-refractivity contribution in [1.29, 1.82) is 5.26 Å². The van der Waals surface area contributed by atoms with Gasteiger partial charge in [-0.15, -0.1) is 0 Å². The summed E-state index contributed by atoms with van der Waals surface area (Å²) >= 11 is 0. The summed E-state index contributed by atoms with van der Waals surface area (Å²) in [6, 6.07) is 11.1. The van der Waals surface area contributed by atoms with Crippen LogP contribution in [-0.2, 0) is 6.54 Å². The van der Waals surface area contributed by atoms with E-state index in [1.54, 1.807) is 36.7 Å². The molecule has 4 aromatic rings. The zero-order valence-corrected chi connectivity index (χ0v) is 17.8. The van der Waals surface area contributed by atoms with Gasteiger partial charge in [0.25, 0.3) is 5.91 Å². The number of nitriles is 1. The number of halogens is 1. The second-order valence-electron chi connectivity index (χ2n) is 7.40. The maximum atomic E-state index is 14.8. The van der Waals surface area contributed by atoms with Gasteiger partial charge in [0.15, 0.2) is 0 Å². The van der Waals surface area contributed by atoms with Gasteiger partial charge in [-0.3, -0.25) is 14.3 Å². The lowest BCUT2D eigenvalue weighted by Crippen LogP contribution is -2.21. The predicted molar refractivity (Wildman–Crippen MR) is 117 cm³/mol. The van der Waals surface area contributed by atoms with Gasteiger partial charge in [0.1, 0.15) is 23.3 Å². The van der Waals surface area contributed by atoms with Gasteiger partial charge in [-0.05, 0) is 38.1 Å². The van der Waals surface area contributed by atoms with Crippen LogP contribution in [0.2, 0.25) is 0 Å². The molecule has 0 aliphatic rings. The predicted octanol–water partition coefficient (Wildman–Crippen LogP) is 2.37. The van der Waals surface area contributed by atoms with Crippen molar-refractivity contribution in [3.8, 4) is 17.2 Å². The van der Waals surface area contributed by atoms with Gasteiger partial charge in [-0.1, -0.05) is 12.1 Å². The molecule has 0 atom stereocenters. The Morgan fingerprint density at radius 2 is 1.79 bits per heavy atom. The number of pyridine rings is 2. The van der Waals surface area contributed by atoms with Crippen molar-refractivity contribution in [2.75, 3.05) is 0 Å². The molecule has 0 fully saturated rings. The number of nitrogens with zero attached hydrogens (tertiary/aromatic N) is 5. The molecule has 1 aromatic carbocycles. The number of carbonyl (C=O) groups is 2. The van der Waals surface area contributed by atoms with Gasteiger partial charge in [-0.25, -0.2) is 14.4 Å². The van der Waals surface area contributed by atoms with Crippen molar-refractivity contribution < 1.29 is 14.0 Å². The Morgan fingerprint density at radius 3 is 2.45 bits per heavy atom. The third-order valence-electron chi connectivity index (χ3n) is 5.31. The smallest absolute Gasteiger partial charge is 0.267 e. The Bertz CT molecular complexity index is 1500. The number of aromatic nitrogens is 4. The van der Waals surface area contributed by atoms with Crippen LogP contribution < -0.4 is 11.5 Å². The van der Waals surface area contributed by atoms with Crippen LogP contribution in [0.3, 0.4) is 0 Å². The van der Waals surface area contributed by atoms with Crippen LogP contribution in [0.1, 0.15) is 43.6 Å². The summed E-state index contributed by atoms with van der Waals surface area (Å²) in [4.78, 5) is 33.4. The summed E-state index contributed by atoms with van der Waals surface area (Å²) in [5, 5.41) is 13.5. The van der Waals surface area contributed by atoms with Gasteiger partial charge < -0.3 is 11.5 Å². The van der Waals surface area contributed by atoms with Gasteiger partial charge in [0, 0.05) is 22.2 Å². The molecule has 0 bridgehead atoms. The summed E-state index contributed by atoms with van der Waals surface area (Å²) in [7, 11) is 0. The molecule has 0 unspecified atom stereocenters. The Labute approximate surface area is 187 Å². The highest BCUT2D eigenvalue weighted by Gasteiger charge is 2.28. The van der Waals surface area contributed by atoms with Crippen LogP contribution in [0.4, 0.5) is 4.39 Å². The van der Waals surface area contributed by atoms with Crippen molar-refractivity contribution >= 4 is 22.7 Å². The number of aryl methyl sites for hydroxylation is 1. The lowest BCUT2D eigenvalue weighted by atomic mass is 9.92. The normalized spacial score (nSPS) is 10.8. The largest absolute Gasteiger partial charge is 0.366 e. The quantitative estimate of drug-likeness (QED) is 0.483. The molecule has 2 amide bonds. The van der Waals surface area contributed by atoms with Crippen molar-refractivity contribution in [2.24, 2.45) is 11.5 Å². The number of hydrogen-bond donors (Lipinski definition) is 2. The number of amides is 2. The molecule has 0 saturated carbocycles. The summed E-state index contributed by atoms with van der Waals surface area (Å²) in [6.45, 7) is 3.62. The molecule has 10 heteroatoms. The van der Waals surface area contributed by atoms with Gasteiger partial charge in [-0.2, -0.15) is 10.4 Å². The van der Waals surface area contributed by atoms with Crippen molar-refractivity contribution in [1.82, 2.24) is 19.7 Å². The molecular formula is C23H18FN7O2. The second-order valence-corrected chi connectivity index (χ2v) is 7.40. The number of fused-ring (bicyclic) bond motifs is 1. The first-order valence-corrected chi connectivity index (χ1v) is 9.85. The van der Waals surface area contributed by atoms with E-state index in [1.165, 1.54) is 18.2 Å². The minimum Gasteiger partial charge on any atom is -0.366 e. The van der Waals surface area contributed by atoms with Crippen LogP contribution in [-0.4, -0.2) is 31.6 Å². The van der Waals surface area contributed by atoms with E-state index >= 15 is 0 Å². The van der Waals surface area contributed by atoms with E-state index in [4.69, 9.17) is 16.7 Å². The lowest BCUT2D eigenvalue weighted by molar-refractivity contribution is 0.0996. The minimum absolute atomic E-state index is 0.0348. The molecule has 4 rings (SSSR count). The monoisotopic (exact) mass is 443 g/mol. The third-order valence-corrected chi connectivity index (χ3v) is 5.31. The molecule has 9 nitrogen and oxygen atoms in total. The zero-order valence-electron chi connectivity index (χ0n) is 17.8. The maximum absolute atomic E-state index is 14.8. The molecule has 33 heavy (non-hydrogen) atoms. The average Bonchev–Trinajstić information content (AvgIpc) is 3.05. The van der Waals surface area contributed by atoms with Crippen molar-refractivity contribution in [3.63, 3.8) is 0 Å². The van der Waals surface area contributed by atoms with Crippen molar-refractivity contribution in [3.05, 3.63) is 76.2 Å². The third kappa shape index (κ3) is 3.65. The molecule has 0 saturated heterocycles. The molecule has 3 aromatic heterocycles. The summed E-state index contributed by atoms with van der Waals surface area (Å²) < 4.78 is 16.4. The number of hydrogen-bond acceptors (Lipinski definition) is 6. The first kappa shape index (κ1) is 21.6. The van der Waals surface area contributed by atoms with E-state index in [-0.39, 0.29) is 40.0 Å². The Hall–Kier alpha value is -4.65. The van der Waals surface area contributed by atoms with E-state index in [0.29, 0.717) is 22.6 Å². The Morgan fingerprint density at radius 1 is 1.06 bits per heavy atom. The standard InChI is InChI=1S/C23H18FN7O2/c1-11-17(12(2)31(30-11)10-14-6-3-5-13(9-25)28-14)19-20(22(26)32)18-15(24)7-4-8-16(18)29-21(19)23(27)33/h3-8H,10H2,1-2H3,(H2,26,32)(H2,27,33). The summed E-state index contributed by atoms with van der Waals surface area (Å²) in [5.74, 6) is -2.53. The first-order chi connectivity index (χ1) is 15.7. The number of nitrogens with two attached hydrogens (primary N) is 2. The summed E-state index contributed by atoms with van der Waals surface area (Å²) in [5.41, 5.74) is 13.2. The Balaban J connectivity index is 2.01. The fraction of sp³-hybridized carbons (Fsp3) is 0.130. The van der Waals surface area contributed by atoms with Crippen LogP contribution in [0.25, 0.3) is 22.0 Å². The van der Waals surface area contributed by atoms with Gasteiger partial charge in [0.05, 0.1) is 29.0 Å². The molecule has 0 radical (unpaired) electrons. The molecule has 4 N–H and O–H groups in total. The molecule has 0 aliphatic carbocycles. The fourth-order valence-electron chi connectivity index (χ4n) is 3.94. The van der Waals surface area contributed by atoms with E-state index in [9.17, 15) is 14.0 Å². The fourth-order valence-corrected chi connectivity index (χ4v) is 3.94. The highest BCUT2D eigenvalue weighted by molar-refractivity contribution is 6.15. The molecule has 0 spiro atoms. The molecule has 164 valence electrons.